The molecule has 2 rings (SSSR count). The highest BCUT2D eigenvalue weighted by molar-refractivity contribution is 5.69. The molecular weight excluding hydrogens is 312 g/mol. The first kappa shape index (κ1) is 18.1. The van der Waals surface area contributed by atoms with E-state index in [1.807, 2.05) is 24.3 Å². The molecule has 0 spiro atoms. The molecule has 2 aromatic rings. The highest BCUT2D eigenvalue weighted by Crippen LogP contribution is 2.34. The Bertz CT molecular complexity index is 621. The van der Waals surface area contributed by atoms with Gasteiger partial charge in [0, 0.05) is 39.4 Å². The van der Waals surface area contributed by atoms with Gasteiger partial charge in [0.05, 0.1) is 33.0 Å². The molecule has 24 heavy (non-hydrogen) atoms. The van der Waals surface area contributed by atoms with Crippen LogP contribution in [0.1, 0.15) is 0 Å². The van der Waals surface area contributed by atoms with Crippen molar-refractivity contribution in [1.29, 1.82) is 0 Å². The lowest BCUT2D eigenvalue weighted by Crippen LogP contribution is -2.30. The zero-order valence-electron chi connectivity index (χ0n) is 14.6. The van der Waals surface area contributed by atoms with Gasteiger partial charge in [0.15, 0.2) is 11.6 Å². The third kappa shape index (κ3) is 4.39. The second kappa shape index (κ2) is 9.14. The average Bonchev–Trinajstić information content (AvgIpc) is 3.11. The predicted molar refractivity (Wildman–Crippen MR) is 91.0 cm³/mol. The van der Waals surface area contributed by atoms with Gasteiger partial charge in [0.25, 0.3) is 0 Å². The monoisotopic (exact) mass is 336 g/mol. The van der Waals surface area contributed by atoms with Crippen LogP contribution in [0.3, 0.4) is 0 Å². The fourth-order valence-corrected chi connectivity index (χ4v) is 2.29. The topological polar surface area (TPSA) is 66.2 Å². The lowest BCUT2D eigenvalue weighted by atomic mass is 10.1. The van der Waals surface area contributed by atoms with Gasteiger partial charge in [0.2, 0.25) is 0 Å². The van der Waals surface area contributed by atoms with E-state index < -0.39 is 0 Å². The molecule has 0 atom stereocenters. The lowest BCUT2D eigenvalue weighted by Gasteiger charge is -2.20. The Balaban J connectivity index is 2.24. The molecule has 0 aliphatic rings. The number of nitrogens with zero attached hydrogens (tertiary/aromatic N) is 2. The van der Waals surface area contributed by atoms with E-state index in [0.29, 0.717) is 37.8 Å². The molecule has 1 aromatic carbocycles. The quantitative estimate of drug-likeness (QED) is 0.660. The maximum Gasteiger partial charge on any atom is 0.172 e. The first-order chi connectivity index (χ1) is 11.7. The summed E-state index contributed by atoms with van der Waals surface area (Å²) in [5.74, 6) is 2.75. The van der Waals surface area contributed by atoms with Crippen LogP contribution in [0.25, 0.3) is 11.3 Å². The summed E-state index contributed by atoms with van der Waals surface area (Å²) in [6.45, 7) is 2.59. The van der Waals surface area contributed by atoms with Crippen LogP contribution in [0.15, 0.2) is 28.8 Å². The number of rotatable bonds is 10. The van der Waals surface area contributed by atoms with Crippen LogP contribution in [0.4, 0.5) is 5.82 Å². The van der Waals surface area contributed by atoms with Gasteiger partial charge in [-0.15, -0.1) is 0 Å². The van der Waals surface area contributed by atoms with Crippen LogP contribution in [0.2, 0.25) is 0 Å². The van der Waals surface area contributed by atoms with Crippen LogP contribution in [0, 0.1) is 0 Å². The Hall–Kier alpha value is -2.25. The number of hydrogen-bond acceptors (Lipinski definition) is 7. The van der Waals surface area contributed by atoms with E-state index in [1.54, 1.807) is 28.4 Å². The van der Waals surface area contributed by atoms with Crippen molar-refractivity contribution in [3.63, 3.8) is 0 Å². The summed E-state index contributed by atoms with van der Waals surface area (Å²) in [6, 6.07) is 7.44. The maximum absolute atomic E-state index is 5.51. The van der Waals surface area contributed by atoms with Gasteiger partial charge in [-0.05, 0) is 12.1 Å². The van der Waals surface area contributed by atoms with Crippen LogP contribution >= 0.6 is 0 Å². The van der Waals surface area contributed by atoms with E-state index in [9.17, 15) is 0 Å². The largest absolute Gasteiger partial charge is 0.497 e. The Kier molecular flexibility index (Phi) is 6.89. The fourth-order valence-electron chi connectivity index (χ4n) is 2.29. The summed E-state index contributed by atoms with van der Waals surface area (Å²) in [5.41, 5.74) is 0.815. The van der Waals surface area contributed by atoms with Gasteiger partial charge >= 0.3 is 0 Å². The molecule has 0 amide bonds. The van der Waals surface area contributed by atoms with Gasteiger partial charge in [-0.3, -0.25) is 0 Å². The first-order valence-corrected chi connectivity index (χ1v) is 7.65. The SMILES string of the molecule is COCCN(CCOC)c1cc(-c2ccc(OC)cc2OC)on1. The van der Waals surface area contributed by atoms with Crippen LogP contribution < -0.4 is 14.4 Å². The Labute approximate surface area is 142 Å². The van der Waals surface area contributed by atoms with Crippen LogP contribution in [0.5, 0.6) is 11.5 Å². The number of benzene rings is 1. The standard InChI is InChI=1S/C17H24N2O5/c1-20-9-7-19(8-10-21-2)17-12-16(24-18-17)14-6-5-13(22-3)11-15(14)23-4/h5-6,11-12H,7-10H2,1-4H3. The minimum absolute atomic E-state index is 0.595. The van der Waals surface area contributed by atoms with E-state index in [1.165, 1.54) is 0 Å². The van der Waals surface area contributed by atoms with Crippen LogP contribution in [-0.4, -0.2) is 59.9 Å². The average molecular weight is 336 g/mol. The summed E-state index contributed by atoms with van der Waals surface area (Å²) in [5, 5.41) is 4.17. The van der Waals surface area contributed by atoms with Crippen molar-refractivity contribution in [3.8, 4) is 22.8 Å². The van der Waals surface area contributed by atoms with E-state index in [4.69, 9.17) is 23.5 Å². The molecule has 0 saturated heterocycles. The number of anilines is 1. The number of hydrogen-bond donors (Lipinski definition) is 0. The zero-order chi connectivity index (χ0) is 17.4. The second-order valence-corrected chi connectivity index (χ2v) is 5.09. The Morgan fingerprint density at radius 2 is 1.67 bits per heavy atom. The Morgan fingerprint density at radius 1 is 0.958 bits per heavy atom. The molecule has 0 fully saturated rings. The molecule has 132 valence electrons. The molecular formula is C17H24N2O5. The molecule has 7 nitrogen and oxygen atoms in total. The van der Waals surface area contributed by atoms with Crippen molar-refractivity contribution in [2.75, 3.05) is 59.6 Å². The lowest BCUT2D eigenvalue weighted by molar-refractivity contribution is 0.189. The number of ether oxygens (including phenoxy) is 4. The third-order valence-electron chi connectivity index (χ3n) is 3.63. The molecule has 7 heteroatoms. The van der Waals surface area contributed by atoms with Gasteiger partial charge in [-0.2, -0.15) is 0 Å². The maximum atomic E-state index is 5.51. The van der Waals surface area contributed by atoms with Gasteiger partial charge in [0.1, 0.15) is 11.5 Å². The molecule has 0 unspecified atom stereocenters. The summed E-state index contributed by atoms with van der Waals surface area (Å²) >= 11 is 0. The smallest absolute Gasteiger partial charge is 0.172 e. The first-order valence-electron chi connectivity index (χ1n) is 7.65. The molecule has 1 aromatic heterocycles. The normalized spacial score (nSPS) is 10.7. The molecule has 0 radical (unpaired) electrons. The highest BCUT2D eigenvalue weighted by atomic mass is 16.5. The van der Waals surface area contributed by atoms with E-state index in [-0.39, 0.29) is 0 Å². The zero-order valence-corrected chi connectivity index (χ0v) is 14.6. The molecule has 0 saturated carbocycles. The summed E-state index contributed by atoms with van der Waals surface area (Å²) in [4.78, 5) is 2.05. The summed E-state index contributed by atoms with van der Waals surface area (Å²) in [7, 11) is 6.57. The van der Waals surface area contributed by atoms with Crippen molar-refractivity contribution >= 4 is 5.82 Å². The van der Waals surface area contributed by atoms with Crippen molar-refractivity contribution in [2.24, 2.45) is 0 Å². The third-order valence-corrected chi connectivity index (χ3v) is 3.63. The second-order valence-electron chi connectivity index (χ2n) is 5.09. The van der Waals surface area contributed by atoms with E-state index in [0.717, 1.165) is 17.1 Å². The van der Waals surface area contributed by atoms with Crippen molar-refractivity contribution in [2.45, 2.75) is 0 Å². The predicted octanol–water partition coefficient (Wildman–Crippen LogP) is 2.46. The van der Waals surface area contributed by atoms with Crippen molar-refractivity contribution in [1.82, 2.24) is 5.16 Å². The number of methoxy groups -OCH3 is 4. The Morgan fingerprint density at radius 3 is 2.25 bits per heavy atom. The molecule has 0 aliphatic carbocycles. The minimum Gasteiger partial charge on any atom is -0.497 e. The van der Waals surface area contributed by atoms with E-state index >= 15 is 0 Å². The number of aromatic nitrogens is 1. The van der Waals surface area contributed by atoms with Crippen molar-refractivity contribution in [3.05, 3.63) is 24.3 Å². The summed E-state index contributed by atoms with van der Waals surface area (Å²) < 4.78 is 26.5. The van der Waals surface area contributed by atoms with Crippen molar-refractivity contribution < 1.29 is 23.5 Å². The molecule has 0 bridgehead atoms. The molecule has 0 aliphatic heterocycles. The highest BCUT2D eigenvalue weighted by Gasteiger charge is 2.16. The van der Waals surface area contributed by atoms with Gasteiger partial charge < -0.3 is 28.4 Å². The molecule has 1 heterocycles. The van der Waals surface area contributed by atoms with E-state index in [2.05, 4.69) is 10.1 Å². The molecule has 0 N–H and O–H groups in total. The van der Waals surface area contributed by atoms with Gasteiger partial charge in [-0.25, -0.2) is 0 Å². The van der Waals surface area contributed by atoms with Crippen LogP contribution in [-0.2, 0) is 9.47 Å². The minimum atomic E-state index is 0.595. The fraction of sp³-hybridized carbons (Fsp3) is 0.471. The summed E-state index contributed by atoms with van der Waals surface area (Å²) in [6.07, 6.45) is 0. The van der Waals surface area contributed by atoms with Gasteiger partial charge in [-0.1, -0.05) is 5.16 Å².